The molecule has 8 nitrogen and oxygen atoms in total. The average molecular weight is 452 g/mol. The second-order valence-corrected chi connectivity index (χ2v) is 6.88. The van der Waals surface area contributed by atoms with Crippen molar-refractivity contribution in [2.24, 2.45) is 0 Å². The maximum Gasteiger partial charge on any atom is 0.417 e. The first-order chi connectivity index (χ1) is 15.6. The fourth-order valence-corrected chi connectivity index (χ4v) is 3.16. The van der Waals surface area contributed by atoms with Gasteiger partial charge in [0.25, 0.3) is 0 Å². The van der Waals surface area contributed by atoms with Crippen LogP contribution in [-0.2, 0) is 0 Å². The molecule has 0 aliphatic heterocycles. The van der Waals surface area contributed by atoms with Gasteiger partial charge < -0.3 is 18.9 Å². The van der Waals surface area contributed by atoms with Crippen molar-refractivity contribution in [1.82, 2.24) is 9.97 Å². The number of methoxy groups -OCH3 is 2. The second-order valence-electron chi connectivity index (χ2n) is 6.47. The minimum Gasteiger partial charge on any atom is -0.493 e. The van der Waals surface area contributed by atoms with Crippen LogP contribution in [0.25, 0.3) is 10.9 Å². The molecule has 0 saturated heterocycles. The SMILES string of the molecule is COc1cc2ncnc(Oc3ccc(NC(=O)Oc4ccccc4)c(Cl)c3)c2cc1OC. The van der Waals surface area contributed by atoms with Gasteiger partial charge in [-0.1, -0.05) is 29.8 Å². The van der Waals surface area contributed by atoms with Crippen LogP contribution in [0.1, 0.15) is 0 Å². The van der Waals surface area contributed by atoms with Gasteiger partial charge in [0.05, 0.1) is 35.8 Å². The third-order valence-electron chi connectivity index (χ3n) is 4.45. The number of hydrogen-bond donors (Lipinski definition) is 1. The zero-order valence-corrected chi connectivity index (χ0v) is 17.9. The molecule has 0 atom stereocenters. The molecule has 0 aliphatic carbocycles. The zero-order chi connectivity index (χ0) is 22.5. The minimum absolute atomic E-state index is 0.269. The van der Waals surface area contributed by atoms with Crippen LogP contribution < -0.4 is 24.3 Å². The number of benzene rings is 3. The maximum absolute atomic E-state index is 12.1. The van der Waals surface area contributed by atoms with Crippen molar-refractivity contribution in [3.8, 4) is 28.9 Å². The lowest BCUT2D eigenvalue weighted by Crippen LogP contribution is -2.16. The standard InChI is InChI=1S/C23H18ClN3O5/c1-29-20-11-16-19(12-21(20)30-2)25-13-26-22(16)31-15-8-9-18(17(24)10-15)27-23(28)32-14-6-4-3-5-7-14/h3-13H,1-2H3,(H,27,28). The number of nitrogens with one attached hydrogen (secondary N) is 1. The molecule has 1 aromatic heterocycles. The average Bonchev–Trinajstić information content (AvgIpc) is 2.80. The van der Waals surface area contributed by atoms with E-state index in [0.29, 0.717) is 45.5 Å². The molecule has 32 heavy (non-hydrogen) atoms. The summed E-state index contributed by atoms with van der Waals surface area (Å²) in [6.07, 6.45) is 0.732. The van der Waals surface area contributed by atoms with Crippen LogP contribution in [-0.4, -0.2) is 30.3 Å². The van der Waals surface area contributed by atoms with Crippen LogP contribution >= 0.6 is 11.6 Å². The Morgan fingerprint density at radius 3 is 2.38 bits per heavy atom. The number of carbonyl (C=O) groups is 1. The van der Waals surface area contributed by atoms with E-state index in [0.717, 1.165) is 0 Å². The van der Waals surface area contributed by atoms with Gasteiger partial charge in [-0.05, 0) is 30.3 Å². The van der Waals surface area contributed by atoms with Crippen molar-refractivity contribution in [2.45, 2.75) is 0 Å². The predicted molar refractivity (Wildman–Crippen MR) is 120 cm³/mol. The van der Waals surface area contributed by atoms with Crippen molar-refractivity contribution in [1.29, 1.82) is 0 Å². The Morgan fingerprint density at radius 2 is 1.66 bits per heavy atom. The van der Waals surface area contributed by atoms with Gasteiger partial charge >= 0.3 is 6.09 Å². The fraction of sp³-hybridized carbons (Fsp3) is 0.0870. The van der Waals surface area contributed by atoms with Crippen LogP contribution in [0, 0.1) is 0 Å². The Kier molecular flexibility index (Phi) is 6.23. The van der Waals surface area contributed by atoms with Crippen LogP contribution in [0.4, 0.5) is 10.5 Å². The van der Waals surface area contributed by atoms with E-state index in [-0.39, 0.29) is 5.02 Å². The highest BCUT2D eigenvalue weighted by Gasteiger charge is 2.14. The molecule has 1 amide bonds. The van der Waals surface area contributed by atoms with Crippen LogP contribution in [0.15, 0.2) is 67.0 Å². The first-order valence-electron chi connectivity index (χ1n) is 9.45. The molecule has 1 N–H and O–H groups in total. The molecule has 0 radical (unpaired) electrons. The molecule has 0 saturated carbocycles. The smallest absolute Gasteiger partial charge is 0.417 e. The first-order valence-corrected chi connectivity index (χ1v) is 9.83. The van der Waals surface area contributed by atoms with Gasteiger partial charge in [0.15, 0.2) is 11.5 Å². The van der Waals surface area contributed by atoms with E-state index in [1.165, 1.54) is 6.33 Å². The number of aromatic nitrogens is 2. The number of halogens is 1. The number of nitrogens with zero attached hydrogens (tertiary/aromatic N) is 2. The summed E-state index contributed by atoms with van der Waals surface area (Å²) in [5, 5.41) is 3.51. The Labute approximate surface area is 188 Å². The molecule has 9 heteroatoms. The van der Waals surface area contributed by atoms with Crippen molar-refractivity contribution < 1.29 is 23.7 Å². The number of ether oxygens (including phenoxy) is 4. The highest BCUT2D eigenvalue weighted by molar-refractivity contribution is 6.33. The topological polar surface area (TPSA) is 91.8 Å². The Balaban J connectivity index is 1.53. The van der Waals surface area contributed by atoms with Gasteiger partial charge in [0, 0.05) is 12.1 Å². The maximum atomic E-state index is 12.1. The summed E-state index contributed by atoms with van der Waals surface area (Å²) in [5.41, 5.74) is 1.000. The highest BCUT2D eigenvalue weighted by atomic mass is 35.5. The number of amides is 1. The molecule has 4 aromatic rings. The van der Waals surface area contributed by atoms with Gasteiger partial charge in [-0.25, -0.2) is 14.8 Å². The van der Waals surface area contributed by atoms with Gasteiger partial charge in [-0.3, -0.25) is 5.32 Å². The van der Waals surface area contributed by atoms with Crippen LogP contribution in [0.5, 0.6) is 28.9 Å². The highest BCUT2D eigenvalue weighted by Crippen LogP contribution is 2.36. The summed E-state index contributed by atoms with van der Waals surface area (Å²) < 4.78 is 21.8. The van der Waals surface area contributed by atoms with E-state index in [1.54, 1.807) is 68.8 Å². The summed E-state index contributed by atoms with van der Waals surface area (Å²) in [6.45, 7) is 0. The summed E-state index contributed by atoms with van der Waals surface area (Å²) in [4.78, 5) is 20.6. The monoisotopic (exact) mass is 451 g/mol. The van der Waals surface area contributed by atoms with Crippen LogP contribution in [0.3, 0.4) is 0 Å². The van der Waals surface area contributed by atoms with Gasteiger partial charge in [-0.15, -0.1) is 0 Å². The number of para-hydroxylation sites is 1. The number of fused-ring (bicyclic) bond motifs is 1. The Bertz CT molecular complexity index is 1270. The van der Waals surface area contributed by atoms with E-state index in [4.69, 9.17) is 30.5 Å². The first kappa shape index (κ1) is 21.2. The third kappa shape index (κ3) is 4.65. The zero-order valence-electron chi connectivity index (χ0n) is 17.2. The lowest BCUT2D eigenvalue weighted by Gasteiger charge is -2.12. The molecule has 4 rings (SSSR count). The molecular formula is C23H18ClN3O5. The molecule has 1 heterocycles. The summed E-state index contributed by atoms with van der Waals surface area (Å²) in [6, 6.07) is 17.0. The molecule has 3 aromatic carbocycles. The van der Waals surface area contributed by atoms with E-state index in [9.17, 15) is 4.79 Å². The van der Waals surface area contributed by atoms with Crippen LogP contribution in [0.2, 0.25) is 5.02 Å². The molecule has 0 fully saturated rings. The van der Waals surface area contributed by atoms with Crippen molar-refractivity contribution >= 4 is 34.3 Å². The quantitative estimate of drug-likeness (QED) is 0.401. The Hall–Kier alpha value is -4.04. The summed E-state index contributed by atoms with van der Waals surface area (Å²) >= 11 is 6.33. The molecular weight excluding hydrogens is 434 g/mol. The lowest BCUT2D eigenvalue weighted by molar-refractivity contribution is 0.215. The lowest BCUT2D eigenvalue weighted by atomic mass is 10.2. The fourth-order valence-electron chi connectivity index (χ4n) is 2.94. The predicted octanol–water partition coefficient (Wildman–Crippen LogP) is 5.70. The molecule has 162 valence electrons. The van der Waals surface area contributed by atoms with Gasteiger partial charge in [0.2, 0.25) is 5.88 Å². The molecule has 0 spiro atoms. The normalized spacial score (nSPS) is 10.5. The number of hydrogen-bond acceptors (Lipinski definition) is 7. The molecule has 0 bridgehead atoms. The largest absolute Gasteiger partial charge is 0.493 e. The van der Waals surface area contributed by atoms with Gasteiger partial charge in [-0.2, -0.15) is 0 Å². The molecule has 0 aliphatic rings. The molecule has 0 unspecified atom stereocenters. The van der Waals surface area contributed by atoms with Crippen molar-refractivity contribution in [3.05, 3.63) is 72.0 Å². The minimum atomic E-state index is -0.658. The number of carbonyl (C=O) groups excluding carboxylic acids is 1. The number of rotatable bonds is 6. The van der Waals surface area contributed by atoms with E-state index in [1.807, 2.05) is 6.07 Å². The summed E-state index contributed by atoms with van der Waals surface area (Å²) in [5.74, 6) is 2.23. The van der Waals surface area contributed by atoms with Gasteiger partial charge in [0.1, 0.15) is 17.8 Å². The van der Waals surface area contributed by atoms with E-state index >= 15 is 0 Å². The third-order valence-corrected chi connectivity index (χ3v) is 4.76. The van der Waals surface area contributed by atoms with E-state index < -0.39 is 6.09 Å². The van der Waals surface area contributed by atoms with Crippen molar-refractivity contribution in [3.63, 3.8) is 0 Å². The summed E-state index contributed by atoms with van der Waals surface area (Å²) in [7, 11) is 3.10. The Morgan fingerprint density at radius 1 is 0.906 bits per heavy atom. The number of anilines is 1. The van der Waals surface area contributed by atoms with Crippen molar-refractivity contribution in [2.75, 3.05) is 19.5 Å². The van der Waals surface area contributed by atoms with E-state index in [2.05, 4.69) is 15.3 Å². The second kappa shape index (κ2) is 9.40.